The molecule has 46 heavy (non-hydrogen) atoms. The Hall–Kier alpha value is -5.81. The molecule has 7 aromatic carbocycles. The number of rotatable bonds is 2. The second kappa shape index (κ2) is 9.35. The first-order chi connectivity index (χ1) is 22.6. The molecule has 0 spiro atoms. The average molecular weight is 592 g/mol. The Balaban J connectivity index is 1.36. The molecule has 3 heterocycles. The summed E-state index contributed by atoms with van der Waals surface area (Å²) in [5.74, 6) is -0.257. The number of anilines is 6. The molecule has 0 saturated heterocycles. The molecule has 216 valence electrons. The minimum atomic E-state index is -0.257. The molecular formula is C41H26BFN2O. The molecule has 0 unspecified atom stereocenters. The molecule has 0 bridgehead atoms. The Morgan fingerprint density at radius 1 is 0.522 bits per heavy atom. The molecule has 1 aromatic heterocycles. The number of halogens is 1. The van der Waals surface area contributed by atoms with Crippen LogP contribution in [0.5, 0.6) is 0 Å². The quantitative estimate of drug-likeness (QED) is 0.187. The van der Waals surface area contributed by atoms with Crippen molar-refractivity contribution in [2.75, 3.05) is 9.80 Å². The van der Waals surface area contributed by atoms with E-state index >= 15 is 0 Å². The van der Waals surface area contributed by atoms with Gasteiger partial charge in [-0.1, -0.05) is 78.9 Å². The maximum Gasteiger partial charge on any atom is 0.252 e. The van der Waals surface area contributed by atoms with Gasteiger partial charge < -0.3 is 14.2 Å². The van der Waals surface area contributed by atoms with Crippen LogP contribution >= 0.6 is 0 Å². The van der Waals surface area contributed by atoms with E-state index in [0.717, 1.165) is 61.4 Å². The largest absolute Gasteiger partial charge is 0.456 e. The van der Waals surface area contributed by atoms with Crippen molar-refractivity contribution in [3.8, 4) is 0 Å². The third-order valence-corrected chi connectivity index (χ3v) is 9.68. The van der Waals surface area contributed by atoms with E-state index in [0.29, 0.717) is 0 Å². The molecule has 0 atom stereocenters. The topological polar surface area (TPSA) is 19.6 Å². The van der Waals surface area contributed by atoms with Gasteiger partial charge in [-0.05, 0) is 94.2 Å². The lowest BCUT2D eigenvalue weighted by atomic mass is 9.33. The molecule has 3 nitrogen and oxygen atoms in total. The van der Waals surface area contributed by atoms with Gasteiger partial charge in [0.1, 0.15) is 17.0 Å². The van der Waals surface area contributed by atoms with Crippen LogP contribution in [-0.4, -0.2) is 6.71 Å². The third-order valence-electron chi connectivity index (χ3n) is 9.68. The number of para-hydroxylation sites is 1. The minimum Gasteiger partial charge on any atom is -0.456 e. The molecule has 0 saturated carbocycles. The van der Waals surface area contributed by atoms with Crippen molar-refractivity contribution in [1.82, 2.24) is 0 Å². The van der Waals surface area contributed by atoms with Gasteiger partial charge in [-0.3, -0.25) is 0 Å². The van der Waals surface area contributed by atoms with Crippen molar-refractivity contribution >= 4 is 89.9 Å². The van der Waals surface area contributed by atoms with Crippen molar-refractivity contribution in [3.63, 3.8) is 0 Å². The Morgan fingerprint density at radius 3 is 1.96 bits per heavy atom. The predicted octanol–water partition coefficient (Wildman–Crippen LogP) is 9.27. The summed E-state index contributed by atoms with van der Waals surface area (Å²) in [5, 5.41) is 4.54. The zero-order valence-corrected chi connectivity index (χ0v) is 25.0. The predicted molar refractivity (Wildman–Crippen MR) is 190 cm³/mol. The number of nitrogens with zero attached hydrogens (tertiary/aromatic N) is 2. The van der Waals surface area contributed by atoms with Crippen LogP contribution in [0.1, 0.15) is 5.56 Å². The highest BCUT2D eigenvalue weighted by Gasteiger charge is 2.43. The summed E-state index contributed by atoms with van der Waals surface area (Å²) < 4.78 is 21.3. The molecule has 10 rings (SSSR count). The van der Waals surface area contributed by atoms with Crippen LogP contribution in [-0.2, 0) is 0 Å². The molecule has 2 aliphatic rings. The van der Waals surface area contributed by atoms with Gasteiger partial charge in [0.15, 0.2) is 0 Å². The zero-order chi connectivity index (χ0) is 30.5. The first kappa shape index (κ1) is 25.5. The van der Waals surface area contributed by atoms with Crippen molar-refractivity contribution in [3.05, 3.63) is 151 Å². The van der Waals surface area contributed by atoms with Gasteiger partial charge in [0.05, 0.1) is 0 Å². The summed E-state index contributed by atoms with van der Waals surface area (Å²) in [6.45, 7) is 2.08. The molecule has 8 aromatic rings. The monoisotopic (exact) mass is 592 g/mol. The van der Waals surface area contributed by atoms with Crippen LogP contribution in [0.4, 0.5) is 38.5 Å². The van der Waals surface area contributed by atoms with Gasteiger partial charge in [0, 0.05) is 51.0 Å². The lowest BCUT2D eigenvalue weighted by molar-refractivity contribution is 0.628. The second-order valence-corrected chi connectivity index (χ2v) is 12.4. The smallest absolute Gasteiger partial charge is 0.252 e. The van der Waals surface area contributed by atoms with Gasteiger partial charge in [-0.25, -0.2) is 4.39 Å². The lowest BCUT2D eigenvalue weighted by Crippen LogP contribution is -2.61. The van der Waals surface area contributed by atoms with E-state index in [1.165, 1.54) is 33.4 Å². The third kappa shape index (κ3) is 3.54. The number of hydrogen-bond donors (Lipinski definition) is 0. The maximum absolute atomic E-state index is 14.9. The SMILES string of the molecule is Cc1cccc(N2c3cc4oc5ccccc5c4cc3B3c4cc5ccccc5cc4N(c4cccc(F)c4)c4cccc2c43)c1. The van der Waals surface area contributed by atoms with E-state index in [2.05, 4.69) is 120 Å². The lowest BCUT2D eigenvalue weighted by Gasteiger charge is -2.44. The van der Waals surface area contributed by atoms with Crippen LogP contribution in [0.2, 0.25) is 0 Å². The van der Waals surface area contributed by atoms with E-state index in [1.807, 2.05) is 18.2 Å². The van der Waals surface area contributed by atoms with E-state index in [9.17, 15) is 4.39 Å². The fourth-order valence-corrected chi connectivity index (χ4v) is 7.78. The molecule has 2 aliphatic heterocycles. The van der Waals surface area contributed by atoms with E-state index in [1.54, 1.807) is 12.1 Å². The molecule has 5 heteroatoms. The van der Waals surface area contributed by atoms with Gasteiger partial charge in [-0.2, -0.15) is 0 Å². The summed E-state index contributed by atoms with van der Waals surface area (Å²) >= 11 is 0. The van der Waals surface area contributed by atoms with E-state index in [4.69, 9.17) is 4.42 Å². The van der Waals surface area contributed by atoms with Crippen LogP contribution < -0.4 is 26.2 Å². The zero-order valence-electron chi connectivity index (χ0n) is 25.0. The van der Waals surface area contributed by atoms with Crippen LogP contribution in [0.3, 0.4) is 0 Å². The van der Waals surface area contributed by atoms with Gasteiger partial charge in [0.2, 0.25) is 0 Å². The fourth-order valence-electron chi connectivity index (χ4n) is 7.78. The second-order valence-electron chi connectivity index (χ2n) is 12.4. The van der Waals surface area contributed by atoms with Crippen LogP contribution in [0.25, 0.3) is 32.7 Å². The summed E-state index contributed by atoms with van der Waals surface area (Å²) in [6.07, 6.45) is 0. The summed E-state index contributed by atoms with van der Waals surface area (Å²) in [4.78, 5) is 4.62. The summed E-state index contributed by atoms with van der Waals surface area (Å²) in [5.41, 5.74) is 12.8. The molecule has 0 amide bonds. The molecule has 0 fully saturated rings. The van der Waals surface area contributed by atoms with Crippen LogP contribution in [0.15, 0.2) is 144 Å². The molecular weight excluding hydrogens is 566 g/mol. The van der Waals surface area contributed by atoms with E-state index in [-0.39, 0.29) is 12.5 Å². The molecule has 0 radical (unpaired) electrons. The fraction of sp³-hybridized carbons (Fsp3) is 0.0244. The average Bonchev–Trinajstić information content (AvgIpc) is 3.44. The Morgan fingerprint density at radius 2 is 1.17 bits per heavy atom. The van der Waals surface area contributed by atoms with Gasteiger partial charge in [-0.15, -0.1) is 0 Å². The van der Waals surface area contributed by atoms with Crippen LogP contribution in [0, 0.1) is 12.7 Å². The highest BCUT2D eigenvalue weighted by molar-refractivity contribution is 7.00. The number of benzene rings is 7. The standard InChI is InChI=1S/C41H26BFN2O/c1-25-9-6-13-29(19-25)44-35-16-8-17-36-41(35)42(34-23-32-31-15-4-5-18-39(31)46-40(32)24-38(34)44)33-20-26-10-2-3-11-27(26)21-37(33)45(36)30-14-7-12-28(43)22-30/h2-24H,1H3. The summed E-state index contributed by atoms with van der Waals surface area (Å²) in [7, 11) is 0. The molecule has 0 aliphatic carbocycles. The van der Waals surface area contributed by atoms with Gasteiger partial charge in [0.25, 0.3) is 6.71 Å². The summed E-state index contributed by atoms with van der Waals surface area (Å²) in [6, 6.07) is 48.1. The highest BCUT2D eigenvalue weighted by atomic mass is 19.1. The van der Waals surface area contributed by atoms with Crippen molar-refractivity contribution in [2.45, 2.75) is 6.92 Å². The van der Waals surface area contributed by atoms with Crippen molar-refractivity contribution in [2.24, 2.45) is 0 Å². The number of fused-ring (bicyclic) bond motifs is 8. The Bertz CT molecular complexity index is 2550. The first-order valence-electron chi connectivity index (χ1n) is 15.7. The van der Waals surface area contributed by atoms with Crippen molar-refractivity contribution in [1.29, 1.82) is 0 Å². The minimum absolute atomic E-state index is 0.0512. The van der Waals surface area contributed by atoms with Gasteiger partial charge >= 0.3 is 0 Å². The maximum atomic E-state index is 14.9. The normalized spacial score (nSPS) is 13.3. The highest BCUT2D eigenvalue weighted by Crippen LogP contribution is 2.45. The first-order valence-corrected chi connectivity index (χ1v) is 15.7. The number of furan rings is 1. The molecule has 0 N–H and O–H groups in total. The number of hydrogen-bond acceptors (Lipinski definition) is 3. The van der Waals surface area contributed by atoms with Crippen molar-refractivity contribution < 1.29 is 8.81 Å². The Labute approximate surface area is 265 Å². The number of aryl methyl sites for hydroxylation is 1. The van der Waals surface area contributed by atoms with E-state index < -0.39 is 0 Å². The Kier molecular flexibility index (Phi) is 5.19.